The third-order valence-electron chi connectivity index (χ3n) is 8.12. The van der Waals surface area contributed by atoms with E-state index in [0.29, 0.717) is 5.89 Å². The Labute approximate surface area is 243 Å². The normalized spacial score (nSPS) is 15.3. The number of aromatic nitrogens is 1. The van der Waals surface area contributed by atoms with E-state index in [0.717, 1.165) is 60.7 Å². The number of benzene rings is 6. The molecule has 0 N–H and O–H groups in total. The SMILES string of the molecule is CN1C(c2ccccc2)=CC(c2ccccc2)=NC1c1ccc2c(ccc3ccc4nc(-c5ccccc5)oc4c32)c1. The van der Waals surface area contributed by atoms with Crippen LogP contribution in [0.25, 0.3) is 49.8 Å². The van der Waals surface area contributed by atoms with E-state index in [1.807, 2.05) is 42.5 Å². The zero-order chi connectivity index (χ0) is 28.0. The molecule has 1 aliphatic rings. The van der Waals surface area contributed by atoms with Crippen molar-refractivity contribution < 1.29 is 4.42 Å². The van der Waals surface area contributed by atoms with Gasteiger partial charge in [-0.2, -0.15) is 0 Å². The molecule has 7 aromatic rings. The summed E-state index contributed by atoms with van der Waals surface area (Å²) in [6.45, 7) is 0. The van der Waals surface area contributed by atoms with Crippen molar-refractivity contribution in [2.75, 3.05) is 7.05 Å². The zero-order valence-corrected chi connectivity index (χ0v) is 23.1. The molecule has 0 saturated carbocycles. The van der Waals surface area contributed by atoms with Crippen LogP contribution in [0.2, 0.25) is 0 Å². The van der Waals surface area contributed by atoms with Gasteiger partial charge >= 0.3 is 0 Å². The van der Waals surface area contributed by atoms with Gasteiger partial charge < -0.3 is 9.32 Å². The van der Waals surface area contributed by atoms with Crippen LogP contribution in [0.1, 0.15) is 22.9 Å². The number of fused-ring (bicyclic) bond motifs is 5. The van der Waals surface area contributed by atoms with Crippen LogP contribution in [0.3, 0.4) is 0 Å². The van der Waals surface area contributed by atoms with Gasteiger partial charge in [-0.3, -0.25) is 4.99 Å². The molecule has 1 aromatic heterocycles. The molecular weight excluding hydrogens is 514 g/mol. The highest BCUT2D eigenvalue weighted by atomic mass is 16.3. The second-order valence-electron chi connectivity index (χ2n) is 10.7. The molecule has 1 atom stereocenters. The Balaban J connectivity index is 1.27. The fourth-order valence-corrected chi connectivity index (χ4v) is 5.99. The smallest absolute Gasteiger partial charge is 0.227 e. The minimum Gasteiger partial charge on any atom is -0.435 e. The highest BCUT2D eigenvalue weighted by Gasteiger charge is 2.25. The van der Waals surface area contributed by atoms with E-state index in [2.05, 4.69) is 109 Å². The van der Waals surface area contributed by atoms with Crippen molar-refractivity contribution in [2.24, 2.45) is 4.99 Å². The Morgan fingerprint density at radius 2 is 1.29 bits per heavy atom. The second-order valence-corrected chi connectivity index (χ2v) is 10.7. The molecule has 0 bridgehead atoms. The quantitative estimate of drug-likeness (QED) is 0.209. The van der Waals surface area contributed by atoms with Gasteiger partial charge in [-0.15, -0.1) is 0 Å². The van der Waals surface area contributed by atoms with E-state index in [1.165, 1.54) is 5.56 Å². The summed E-state index contributed by atoms with van der Waals surface area (Å²) in [5.74, 6) is 0.638. The number of oxazole rings is 1. The summed E-state index contributed by atoms with van der Waals surface area (Å²) in [5.41, 5.74) is 8.18. The Hall–Kier alpha value is -5.48. The van der Waals surface area contributed by atoms with Gasteiger partial charge in [0.05, 0.1) is 5.71 Å². The molecule has 1 aliphatic heterocycles. The van der Waals surface area contributed by atoms with Crippen LogP contribution in [0.15, 0.2) is 149 Å². The molecule has 8 rings (SSSR count). The van der Waals surface area contributed by atoms with Gasteiger partial charge in [-0.05, 0) is 63.2 Å². The molecule has 42 heavy (non-hydrogen) atoms. The summed E-state index contributed by atoms with van der Waals surface area (Å²) in [5, 5.41) is 4.50. The van der Waals surface area contributed by atoms with Crippen molar-refractivity contribution in [3.63, 3.8) is 0 Å². The molecule has 1 unspecified atom stereocenters. The summed E-state index contributed by atoms with van der Waals surface area (Å²) in [6.07, 6.45) is 2.02. The van der Waals surface area contributed by atoms with E-state index in [4.69, 9.17) is 14.4 Å². The monoisotopic (exact) mass is 541 g/mol. The van der Waals surface area contributed by atoms with Crippen molar-refractivity contribution >= 4 is 44.1 Å². The summed E-state index contributed by atoms with van der Waals surface area (Å²) in [7, 11) is 2.13. The topological polar surface area (TPSA) is 41.6 Å². The lowest BCUT2D eigenvalue weighted by Gasteiger charge is -2.34. The zero-order valence-electron chi connectivity index (χ0n) is 23.1. The fraction of sp³-hybridized carbons (Fsp3) is 0.0526. The van der Waals surface area contributed by atoms with Crippen LogP contribution >= 0.6 is 0 Å². The number of hydrogen-bond donors (Lipinski definition) is 0. The number of rotatable bonds is 4. The lowest BCUT2D eigenvalue weighted by atomic mass is 9.97. The lowest BCUT2D eigenvalue weighted by Crippen LogP contribution is -2.27. The molecule has 2 heterocycles. The van der Waals surface area contributed by atoms with E-state index < -0.39 is 0 Å². The predicted octanol–water partition coefficient (Wildman–Crippen LogP) is 9.28. The maximum absolute atomic E-state index is 6.42. The Bertz CT molecular complexity index is 2150. The van der Waals surface area contributed by atoms with Crippen molar-refractivity contribution in [3.05, 3.63) is 156 Å². The van der Waals surface area contributed by atoms with Gasteiger partial charge in [-0.1, -0.05) is 109 Å². The van der Waals surface area contributed by atoms with Crippen molar-refractivity contribution in [3.8, 4) is 11.5 Å². The summed E-state index contributed by atoms with van der Waals surface area (Å²) >= 11 is 0. The second kappa shape index (κ2) is 9.86. The number of aliphatic imine (C=N–C) groups is 1. The molecule has 0 saturated heterocycles. The van der Waals surface area contributed by atoms with E-state index >= 15 is 0 Å². The number of allylic oxidation sites excluding steroid dienone is 1. The first-order chi connectivity index (χ1) is 20.7. The van der Waals surface area contributed by atoms with Gasteiger partial charge in [0.15, 0.2) is 5.58 Å². The van der Waals surface area contributed by atoms with Crippen LogP contribution in [0.5, 0.6) is 0 Å². The molecule has 0 spiro atoms. The van der Waals surface area contributed by atoms with Crippen molar-refractivity contribution in [2.45, 2.75) is 6.17 Å². The Morgan fingerprint density at radius 1 is 0.643 bits per heavy atom. The van der Waals surface area contributed by atoms with E-state index in [9.17, 15) is 0 Å². The molecule has 200 valence electrons. The summed E-state index contributed by atoms with van der Waals surface area (Å²) in [4.78, 5) is 12.4. The largest absolute Gasteiger partial charge is 0.435 e. The minimum absolute atomic E-state index is 0.175. The number of nitrogens with zero attached hydrogens (tertiary/aromatic N) is 3. The average Bonchev–Trinajstić information content (AvgIpc) is 3.50. The van der Waals surface area contributed by atoms with Crippen molar-refractivity contribution in [1.29, 1.82) is 0 Å². The van der Waals surface area contributed by atoms with Crippen LogP contribution in [-0.2, 0) is 0 Å². The van der Waals surface area contributed by atoms with E-state index in [1.54, 1.807) is 0 Å². The maximum Gasteiger partial charge on any atom is 0.227 e. The summed E-state index contributed by atoms with van der Waals surface area (Å²) in [6, 6.07) is 46.3. The van der Waals surface area contributed by atoms with E-state index in [-0.39, 0.29) is 6.17 Å². The first kappa shape index (κ1) is 24.3. The van der Waals surface area contributed by atoms with Crippen LogP contribution < -0.4 is 0 Å². The molecule has 0 radical (unpaired) electrons. The van der Waals surface area contributed by atoms with Gasteiger partial charge in [0.25, 0.3) is 0 Å². The molecule has 4 heteroatoms. The van der Waals surface area contributed by atoms with Crippen LogP contribution in [0.4, 0.5) is 0 Å². The third kappa shape index (κ3) is 4.08. The average molecular weight is 542 g/mol. The van der Waals surface area contributed by atoms with Gasteiger partial charge in [0, 0.05) is 23.7 Å². The Kier molecular flexibility index (Phi) is 5.71. The summed E-state index contributed by atoms with van der Waals surface area (Å²) < 4.78 is 6.42. The first-order valence-corrected chi connectivity index (χ1v) is 14.2. The molecule has 4 nitrogen and oxygen atoms in total. The first-order valence-electron chi connectivity index (χ1n) is 14.2. The predicted molar refractivity (Wildman–Crippen MR) is 172 cm³/mol. The highest BCUT2D eigenvalue weighted by Crippen LogP contribution is 2.38. The van der Waals surface area contributed by atoms with Gasteiger partial charge in [0.2, 0.25) is 5.89 Å². The number of hydrogen-bond acceptors (Lipinski definition) is 4. The fourth-order valence-electron chi connectivity index (χ4n) is 5.99. The molecular formula is C38H27N3O. The molecule has 6 aromatic carbocycles. The van der Waals surface area contributed by atoms with Crippen molar-refractivity contribution in [1.82, 2.24) is 9.88 Å². The Morgan fingerprint density at radius 3 is 2.02 bits per heavy atom. The lowest BCUT2D eigenvalue weighted by molar-refractivity contribution is 0.364. The van der Waals surface area contributed by atoms with Gasteiger partial charge in [-0.25, -0.2) is 4.98 Å². The van der Waals surface area contributed by atoms with Crippen LogP contribution in [0, 0.1) is 0 Å². The molecule has 0 amide bonds. The third-order valence-corrected chi connectivity index (χ3v) is 8.12. The highest BCUT2D eigenvalue weighted by molar-refractivity contribution is 6.18. The van der Waals surface area contributed by atoms with Crippen LogP contribution in [-0.4, -0.2) is 22.6 Å². The molecule has 0 aliphatic carbocycles. The molecule has 0 fully saturated rings. The standard InChI is InChI=1S/C38H27N3O/c1-41-34(26-13-7-3-8-14-26)24-33(25-11-5-2-6-12-25)39-37(41)30-19-21-31-29(23-30)18-17-27-20-22-32-36(35(27)31)42-38(40-32)28-15-9-4-10-16-28/h2-24,37H,1H3. The minimum atomic E-state index is -0.175. The van der Waals surface area contributed by atoms with Gasteiger partial charge in [0.1, 0.15) is 11.7 Å². The maximum atomic E-state index is 6.42.